The van der Waals surface area contributed by atoms with Crippen molar-refractivity contribution in [2.75, 3.05) is 32.7 Å². The van der Waals surface area contributed by atoms with Crippen molar-refractivity contribution in [2.24, 2.45) is 0 Å². The molecule has 1 saturated heterocycles. The first-order valence-corrected chi connectivity index (χ1v) is 9.64. The zero-order valence-electron chi connectivity index (χ0n) is 16.0. The van der Waals surface area contributed by atoms with E-state index in [1.165, 1.54) is 23.1 Å². The third kappa shape index (κ3) is 6.27. The maximum atomic E-state index is 13.6. The first-order valence-electron chi connectivity index (χ1n) is 9.64. The van der Waals surface area contributed by atoms with Gasteiger partial charge in [-0.1, -0.05) is 30.3 Å². The van der Waals surface area contributed by atoms with E-state index in [9.17, 15) is 22.4 Å². The highest BCUT2D eigenvalue weighted by molar-refractivity contribution is 5.76. The molecule has 0 aromatic heterocycles. The zero-order valence-corrected chi connectivity index (χ0v) is 16.0. The van der Waals surface area contributed by atoms with Gasteiger partial charge in [-0.2, -0.15) is 13.2 Å². The molecule has 29 heavy (non-hydrogen) atoms. The number of halogens is 4. The largest absolute Gasteiger partial charge is 0.416 e. The number of carbonyl (C=O) groups is 1. The van der Waals surface area contributed by atoms with Crippen molar-refractivity contribution in [3.8, 4) is 0 Å². The van der Waals surface area contributed by atoms with E-state index in [2.05, 4.69) is 5.32 Å². The smallest absolute Gasteiger partial charge is 0.347 e. The number of amides is 1. The zero-order chi connectivity index (χ0) is 20.9. The van der Waals surface area contributed by atoms with Crippen molar-refractivity contribution in [3.05, 3.63) is 71.0 Å². The van der Waals surface area contributed by atoms with Crippen LogP contribution in [-0.2, 0) is 24.1 Å². The molecule has 1 fully saturated rings. The summed E-state index contributed by atoms with van der Waals surface area (Å²) >= 11 is 0. The van der Waals surface area contributed by atoms with Crippen LogP contribution in [0.2, 0.25) is 0 Å². The lowest BCUT2D eigenvalue weighted by molar-refractivity contribution is -1.02. The number of hydrogen-bond donors (Lipinski definition) is 3. The van der Waals surface area contributed by atoms with Crippen LogP contribution < -0.4 is 15.1 Å². The second kappa shape index (κ2) is 9.37. The summed E-state index contributed by atoms with van der Waals surface area (Å²) in [6.45, 7) is 4.11. The summed E-state index contributed by atoms with van der Waals surface area (Å²) in [5.41, 5.74) is 0.497. The van der Waals surface area contributed by atoms with Crippen molar-refractivity contribution in [1.82, 2.24) is 5.32 Å². The molecule has 1 heterocycles. The van der Waals surface area contributed by atoms with Crippen LogP contribution in [0.15, 0.2) is 48.5 Å². The second-order valence-corrected chi connectivity index (χ2v) is 7.42. The predicted molar refractivity (Wildman–Crippen MR) is 99.7 cm³/mol. The highest BCUT2D eigenvalue weighted by Gasteiger charge is 2.31. The van der Waals surface area contributed by atoms with Crippen molar-refractivity contribution in [2.45, 2.75) is 19.3 Å². The van der Waals surface area contributed by atoms with Crippen LogP contribution in [0.5, 0.6) is 0 Å². The molecule has 0 radical (unpaired) electrons. The molecular weight excluding hydrogens is 386 g/mol. The molecule has 3 N–H and O–H groups in total. The summed E-state index contributed by atoms with van der Waals surface area (Å²) in [7, 11) is 0. The predicted octanol–water partition coefficient (Wildman–Crippen LogP) is 0.444. The first kappa shape index (κ1) is 21.3. The van der Waals surface area contributed by atoms with Gasteiger partial charge in [0.25, 0.3) is 5.91 Å². The van der Waals surface area contributed by atoms with Crippen LogP contribution in [0.3, 0.4) is 0 Å². The van der Waals surface area contributed by atoms with Gasteiger partial charge < -0.3 is 15.1 Å². The van der Waals surface area contributed by atoms with Crippen LogP contribution in [0.1, 0.15) is 16.7 Å². The van der Waals surface area contributed by atoms with Crippen molar-refractivity contribution < 1.29 is 32.2 Å². The standard InChI is InChI=1S/C21H23F4N3O/c22-19-7-2-1-5-17(19)13-26-20(29)15-28-10-8-27(9-11-28)14-16-4-3-6-18(12-16)21(23,24)25/h1-7,12H,8-11,13-15H2,(H,26,29)/p+2. The van der Waals surface area contributed by atoms with E-state index in [1.807, 2.05) is 0 Å². The molecule has 1 aliphatic rings. The minimum absolute atomic E-state index is 0.135. The van der Waals surface area contributed by atoms with E-state index in [-0.39, 0.29) is 18.3 Å². The third-order valence-electron chi connectivity index (χ3n) is 5.22. The van der Waals surface area contributed by atoms with E-state index in [0.29, 0.717) is 24.2 Å². The minimum Gasteiger partial charge on any atom is -0.347 e. The Kier molecular flexibility index (Phi) is 6.87. The minimum atomic E-state index is -4.33. The molecule has 2 aromatic rings. The van der Waals surface area contributed by atoms with Gasteiger partial charge in [0.2, 0.25) is 0 Å². The highest BCUT2D eigenvalue weighted by Crippen LogP contribution is 2.29. The summed E-state index contributed by atoms with van der Waals surface area (Å²) in [5, 5.41) is 2.75. The maximum Gasteiger partial charge on any atom is 0.416 e. The molecule has 0 bridgehead atoms. The number of benzene rings is 2. The van der Waals surface area contributed by atoms with Crippen LogP contribution in [0, 0.1) is 5.82 Å². The number of rotatable bonds is 6. The average molecular weight is 411 g/mol. The van der Waals surface area contributed by atoms with Crippen molar-refractivity contribution >= 4 is 5.91 Å². The number of piperazine rings is 1. The maximum absolute atomic E-state index is 13.6. The number of hydrogen-bond acceptors (Lipinski definition) is 1. The molecule has 1 aliphatic heterocycles. The molecule has 4 nitrogen and oxygen atoms in total. The molecule has 0 atom stereocenters. The number of carbonyl (C=O) groups excluding carboxylic acids is 1. The van der Waals surface area contributed by atoms with Crippen LogP contribution in [0.4, 0.5) is 17.6 Å². The Balaban J connectivity index is 1.42. The lowest BCUT2D eigenvalue weighted by atomic mass is 10.1. The Morgan fingerprint density at radius 1 is 0.966 bits per heavy atom. The quantitative estimate of drug-likeness (QED) is 0.594. The number of alkyl halides is 3. The fourth-order valence-electron chi connectivity index (χ4n) is 3.58. The molecule has 0 aliphatic carbocycles. The van der Waals surface area contributed by atoms with Gasteiger partial charge >= 0.3 is 6.18 Å². The van der Waals surface area contributed by atoms with Crippen LogP contribution in [0.25, 0.3) is 0 Å². The average Bonchev–Trinajstić information content (AvgIpc) is 2.68. The lowest BCUT2D eigenvalue weighted by Gasteiger charge is -2.29. The SMILES string of the molecule is O=C(C[NH+]1CC[NH+](Cc2cccc(C(F)(F)F)c2)CC1)NCc1ccccc1F. The molecule has 0 unspecified atom stereocenters. The Labute approximate surface area is 167 Å². The summed E-state index contributed by atoms with van der Waals surface area (Å²) in [5.74, 6) is -0.475. The Morgan fingerprint density at radius 2 is 1.66 bits per heavy atom. The molecule has 2 aromatic carbocycles. The summed E-state index contributed by atoms with van der Waals surface area (Å²) in [6.07, 6.45) is -4.33. The van der Waals surface area contributed by atoms with Gasteiger partial charge in [-0.25, -0.2) is 4.39 Å². The first-order chi connectivity index (χ1) is 13.8. The fourth-order valence-corrected chi connectivity index (χ4v) is 3.58. The van der Waals surface area contributed by atoms with Crippen molar-refractivity contribution in [3.63, 3.8) is 0 Å². The van der Waals surface area contributed by atoms with Gasteiger partial charge in [-0.05, 0) is 18.2 Å². The molecule has 0 spiro atoms. The molecular formula is C21H25F4N3O+2. The number of nitrogens with one attached hydrogen (secondary N) is 3. The van der Waals surface area contributed by atoms with E-state index >= 15 is 0 Å². The van der Waals surface area contributed by atoms with Gasteiger partial charge in [0.15, 0.2) is 6.54 Å². The lowest BCUT2D eigenvalue weighted by Crippen LogP contribution is -3.28. The highest BCUT2D eigenvalue weighted by atomic mass is 19.4. The summed E-state index contributed by atoms with van der Waals surface area (Å²) in [4.78, 5) is 14.5. The van der Waals surface area contributed by atoms with Gasteiger partial charge in [-0.3, -0.25) is 4.79 Å². The van der Waals surface area contributed by atoms with E-state index in [0.717, 1.165) is 37.1 Å². The molecule has 0 saturated carbocycles. The van der Waals surface area contributed by atoms with Crippen LogP contribution in [-0.4, -0.2) is 38.6 Å². The Bertz CT molecular complexity index is 833. The number of quaternary nitrogens is 2. The van der Waals surface area contributed by atoms with Gasteiger partial charge in [0.1, 0.15) is 38.5 Å². The molecule has 3 rings (SSSR count). The topological polar surface area (TPSA) is 38.0 Å². The monoisotopic (exact) mass is 411 g/mol. The van der Waals surface area contributed by atoms with Crippen molar-refractivity contribution in [1.29, 1.82) is 0 Å². The van der Waals surface area contributed by atoms with E-state index in [4.69, 9.17) is 0 Å². The Hall–Kier alpha value is -2.45. The van der Waals surface area contributed by atoms with Gasteiger partial charge in [-0.15, -0.1) is 0 Å². The normalized spacial score (nSPS) is 19.7. The summed E-state index contributed by atoms with van der Waals surface area (Å²) in [6, 6.07) is 11.8. The van der Waals surface area contributed by atoms with Gasteiger partial charge in [0, 0.05) is 17.7 Å². The third-order valence-corrected chi connectivity index (χ3v) is 5.22. The van der Waals surface area contributed by atoms with Gasteiger partial charge in [0.05, 0.1) is 5.56 Å². The van der Waals surface area contributed by atoms with Crippen LogP contribution >= 0.6 is 0 Å². The molecule has 8 heteroatoms. The second-order valence-electron chi connectivity index (χ2n) is 7.42. The molecule has 156 valence electrons. The van der Waals surface area contributed by atoms with E-state index < -0.39 is 11.7 Å². The molecule has 1 amide bonds. The fraction of sp³-hybridized carbons (Fsp3) is 0.381. The summed E-state index contributed by atoms with van der Waals surface area (Å²) < 4.78 is 52.1. The Morgan fingerprint density at radius 3 is 2.34 bits per heavy atom. The van der Waals surface area contributed by atoms with E-state index in [1.54, 1.807) is 24.3 Å².